The minimum absolute atomic E-state index is 0.188. The molecule has 0 aliphatic carbocycles. The Labute approximate surface area is 107 Å². The fraction of sp³-hybridized carbons (Fsp3) is 0.462. The molecule has 1 N–H and O–H groups in total. The number of nitrogens with zero attached hydrogens (tertiary/aromatic N) is 1. The van der Waals surface area contributed by atoms with Gasteiger partial charge in [-0.1, -0.05) is 6.07 Å². The summed E-state index contributed by atoms with van der Waals surface area (Å²) in [5.41, 5.74) is -0.171. The maximum atomic E-state index is 11.7. The number of ether oxygens (including phenoxy) is 1. The number of hydrogen-bond donors (Lipinski definition) is 1. The molecule has 0 aliphatic rings. The molecule has 0 aliphatic heterocycles. The van der Waals surface area contributed by atoms with Crippen LogP contribution in [0.1, 0.15) is 38.2 Å². The molecule has 0 saturated heterocycles. The third-order valence-corrected chi connectivity index (χ3v) is 2.03. The van der Waals surface area contributed by atoms with E-state index in [0.29, 0.717) is 0 Å². The van der Waals surface area contributed by atoms with E-state index in [1.165, 1.54) is 19.2 Å². The Kier molecular flexibility index (Phi) is 4.42. The molecule has 5 heteroatoms. The van der Waals surface area contributed by atoms with Crippen LogP contribution in [-0.4, -0.2) is 28.5 Å². The molecule has 1 unspecified atom stereocenters. The van der Waals surface area contributed by atoms with Gasteiger partial charge in [0.25, 0.3) is 5.91 Å². The van der Waals surface area contributed by atoms with Gasteiger partial charge in [0, 0.05) is 11.7 Å². The van der Waals surface area contributed by atoms with Gasteiger partial charge in [0.15, 0.2) is 6.10 Å². The zero-order valence-corrected chi connectivity index (χ0v) is 11.1. The molecule has 0 radical (unpaired) electrons. The van der Waals surface area contributed by atoms with E-state index < -0.39 is 12.1 Å². The Morgan fingerprint density at radius 3 is 2.50 bits per heavy atom. The van der Waals surface area contributed by atoms with Gasteiger partial charge in [-0.3, -0.25) is 4.79 Å². The third kappa shape index (κ3) is 4.53. The number of rotatable bonds is 3. The van der Waals surface area contributed by atoms with Crippen molar-refractivity contribution in [2.45, 2.75) is 39.3 Å². The molecule has 0 aromatic carbocycles. The molecule has 18 heavy (non-hydrogen) atoms. The van der Waals surface area contributed by atoms with E-state index in [0.717, 1.165) is 0 Å². The largest absolute Gasteiger partial charge is 0.448 e. The highest BCUT2D eigenvalue weighted by atomic mass is 16.5. The van der Waals surface area contributed by atoms with Gasteiger partial charge in [0.1, 0.15) is 5.69 Å². The van der Waals surface area contributed by atoms with Gasteiger partial charge in [-0.15, -0.1) is 0 Å². The fourth-order valence-electron chi connectivity index (χ4n) is 1.23. The van der Waals surface area contributed by atoms with E-state index in [1.54, 1.807) is 12.1 Å². The average Bonchev–Trinajstić information content (AvgIpc) is 2.27. The van der Waals surface area contributed by atoms with Gasteiger partial charge >= 0.3 is 5.97 Å². The van der Waals surface area contributed by atoms with Crippen LogP contribution in [0.15, 0.2) is 24.4 Å². The molecule has 0 saturated carbocycles. The van der Waals surface area contributed by atoms with E-state index >= 15 is 0 Å². The van der Waals surface area contributed by atoms with Crippen LogP contribution in [0.2, 0.25) is 0 Å². The summed E-state index contributed by atoms with van der Waals surface area (Å²) in [7, 11) is 0. The molecule has 5 nitrogen and oxygen atoms in total. The predicted molar refractivity (Wildman–Crippen MR) is 67.0 cm³/mol. The number of hydrogen-bond acceptors (Lipinski definition) is 4. The van der Waals surface area contributed by atoms with Crippen LogP contribution in [0.5, 0.6) is 0 Å². The van der Waals surface area contributed by atoms with Gasteiger partial charge in [0.2, 0.25) is 0 Å². The minimum Gasteiger partial charge on any atom is -0.448 e. The molecule has 0 fully saturated rings. The highest BCUT2D eigenvalue weighted by Crippen LogP contribution is 2.04. The number of esters is 1. The van der Waals surface area contributed by atoms with Crippen LogP contribution in [-0.2, 0) is 9.53 Å². The van der Waals surface area contributed by atoms with Gasteiger partial charge in [0.05, 0.1) is 0 Å². The predicted octanol–water partition coefficient (Wildman–Crippen LogP) is 1.54. The number of nitrogens with one attached hydrogen (secondary N) is 1. The first-order valence-electron chi connectivity index (χ1n) is 5.73. The van der Waals surface area contributed by atoms with E-state index in [4.69, 9.17) is 4.74 Å². The summed E-state index contributed by atoms with van der Waals surface area (Å²) in [6, 6.07) is 4.92. The van der Waals surface area contributed by atoms with Crippen LogP contribution in [0.25, 0.3) is 0 Å². The lowest BCUT2D eigenvalue weighted by atomic mass is 10.1. The van der Waals surface area contributed by atoms with Gasteiger partial charge in [-0.05, 0) is 39.8 Å². The van der Waals surface area contributed by atoms with E-state index in [1.807, 2.05) is 20.8 Å². The lowest BCUT2D eigenvalue weighted by molar-refractivity contribution is -0.130. The Morgan fingerprint density at radius 2 is 2.00 bits per heavy atom. The Bertz CT molecular complexity index is 424. The van der Waals surface area contributed by atoms with E-state index in [-0.39, 0.29) is 17.1 Å². The van der Waals surface area contributed by atoms with Crippen molar-refractivity contribution in [3.05, 3.63) is 30.1 Å². The highest BCUT2D eigenvalue weighted by Gasteiger charge is 2.23. The summed E-state index contributed by atoms with van der Waals surface area (Å²) < 4.78 is 5.03. The van der Waals surface area contributed by atoms with Crippen LogP contribution < -0.4 is 5.32 Å². The standard InChI is InChI=1S/C13H18N2O3/c1-9(11(16)15-13(2,3)4)18-12(17)10-7-5-6-8-14-10/h5-9H,1-4H3,(H,15,16). The molecule has 1 amide bonds. The molecule has 0 bridgehead atoms. The minimum atomic E-state index is -0.848. The lowest BCUT2D eigenvalue weighted by Crippen LogP contribution is -2.46. The topological polar surface area (TPSA) is 68.3 Å². The summed E-state index contributed by atoms with van der Waals surface area (Å²) in [5.74, 6) is -0.932. The van der Waals surface area contributed by atoms with Crippen LogP contribution in [0.3, 0.4) is 0 Å². The normalized spacial score (nSPS) is 12.7. The second-order valence-electron chi connectivity index (χ2n) is 5.00. The number of aromatic nitrogens is 1. The molecule has 1 aromatic heterocycles. The number of carbonyl (C=O) groups is 2. The summed E-state index contributed by atoms with van der Waals surface area (Å²) in [4.78, 5) is 27.2. The second-order valence-corrected chi connectivity index (χ2v) is 5.00. The number of amides is 1. The van der Waals surface area contributed by atoms with Crippen molar-refractivity contribution in [2.75, 3.05) is 0 Å². The molecule has 1 atom stereocenters. The van der Waals surface area contributed by atoms with E-state index in [2.05, 4.69) is 10.3 Å². The Morgan fingerprint density at radius 1 is 1.33 bits per heavy atom. The van der Waals surface area contributed by atoms with Gasteiger partial charge < -0.3 is 10.1 Å². The lowest BCUT2D eigenvalue weighted by Gasteiger charge is -2.23. The first kappa shape index (κ1) is 14.2. The van der Waals surface area contributed by atoms with Gasteiger partial charge in [-0.25, -0.2) is 9.78 Å². The first-order valence-corrected chi connectivity index (χ1v) is 5.73. The van der Waals surface area contributed by atoms with Crippen LogP contribution in [0.4, 0.5) is 0 Å². The van der Waals surface area contributed by atoms with E-state index in [9.17, 15) is 9.59 Å². The average molecular weight is 250 g/mol. The molecular formula is C13H18N2O3. The monoisotopic (exact) mass is 250 g/mol. The molecule has 0 spiro atoms. The summed E-state index contributed by atoms with van der Waals surface area (Å²) in [6.45, 7) is 7.11. The quantitative estimate of drug-likeness (QED) is 0.826. The van der Waals surface area contributed by atoms with Crippen molar-refractivity contribution < 1.29 is 14.3 Å². The molecule has 98 valence electrons. The maximum absolute atomic E-state index is 11.7. The van der Waals surface area contributed by atoms with Crippen molar-refractivity contribution in [1.29, 1.82) is 0 Å². The molecular weight excluding hydrogens is 232 g/mol. The number of pyridine rings is 1. The van der Waals surface area contributed by atoms with Crippen molar-refractivity contribution in [1.82, 2.24) is 10.3 Å². The van der Waals surface area contributed by atoms with Crippen LogP contribution in [0, 0.1) is 0 Å². The zero-order chi connectivity index (χ0) is 13.8. The zero-order valence-electron chi connectivity index (χ0n) is 11.1. The van der Waals surface area contributed by atoms with Crippen LogP contribution >= 0.6 is 0 Å². The Hall–Kier alpha value is -1.91. The van der Waals surface area contributed by atoms with Crippen molar-refractivity contribution in [3.8, 4) is 0 Å². The SMILES string of the molecule is CC(OC(=O)c1ccccn1)C(=O)NC(C)(C)C. The second kappa shape index (κ2) is 5.62. The van der Waals surface area contributed by atoms with Crippen molar-refractivity contribution >= 4 is 11.9 Å². The first-order chi connectivity index (χ1) is 8.29. The molecule has 1 aromatic rings. The fourth-order valence-corrected chi connectivity index (χ4v) is 1.23. The summed E-state index contributed by atoms with van der Waals surface area (Å²) in [6.07, 6.45) is 0.648. The number of carbonyl (C=O) groups excluding carboxylic acids is 2. The summed E-state index contributed by atoms with van der Waals surface area (Å²) >= 11 is 0. The molecule has 1 rings (SSSR count). The summed E-state index contributed by atoms with van der Waals surface area (Å²) in [5, 5.41) is 2.74. The highest BCUT2D eigenvalue weighted by molar-refractivity contribution is 5.90. The maximum Gasteiger partial charge on any atom is 0.357 e. The Balaban J connectivity index is 2.58. The third-order valence-electron chi connectivity index (χ3n) is 2.03. The molecule has 1 heterocycles. The van der Waals surface area contributed by atoms with Crippen molar-refractivity contribution in [3.63, 3.8) is 0 Å². The smallest absolute Gasteiger partial charge is 0.357 e. The van der Waals surface area contributed by atoms with Crippen molar-refractivity contribution in [2.24, 2.45) is 0 Å². The van der Waals surface area contributed by atoms with Gasteiger partial charge in [-0.2, -0.15) is 0 Å².